The second kappa shape index (κ2) is 8.60. The summed E-state index contributed by atoms with van der Waals surface area (Å²) in [6.07, 6.45) is 0. The van der Waals surface area contributed by atoms with Crippen LogP contribution in [0.1, 0.15) is 41.4 Å². The van der Waals surface area contributed by atoms with Gasteiger partial charge in [0.1, 0.15) is 5.82 Å². The van der Waals surface area contributed by atoms with E-state index in [0.717, 1.165) is 39.3 Å². The summed E-state index contributed by atoms with van der Waals surface area (Å²) in [4.78, 5) is 17.0. The van der Waals surface area contributed by atoms with Crippen LogP contribution < -0.4 is 5.32 Å². The Balaban J connectivity index is 1.96. The molecule has 0 spiro atoms. The minimum absolute atomic E-state index is 0.0912. The number of para-hydroxylation sites is 1. The fourth-order valence-corrected chi connectivity index (χ4v) is 3.86. The minimum Gasteiger partial charge on any atom is -0.357 e. The van der Waals surface area contributed by atoms with Crippen LogP contribution in [-0.4, -0.2) is 10.9 Å². The Bertz CT molecular complexity index is 1210. The van der Waals surface area contributed by atoms with Crippen molar-refractivity contribution in [3.05, 3.63) is 102 Å². The van der Waals surface area contributed by atoms with Gasteiger partial charge in [-0.2, -0.15) is 0 Å². The first-order chi connectivity index (χ1) is 15.0. The van der Waals surface area contributed by atoms with Crippen LogP contribution in [0, 0.1) is 12.7 Å². The van der Waals surface area contributed by atoms with Crippen LogP contribution in [0.5, 0.6) is 0 Å². The maximum Gasteiger partial charge on any atom is 0.258 e. The third-order valence-electron chi connectivity index (χ3n) is 5.41. The van der Waals surface area contributed by atoms with Crippen LogP contribution in [0.3, 0.4) is 0 Å². The van der Waals surface area contributed by atoms with E-state index in [9.17, 15) is 9.18 Å². The molecule has 1 aromatic heterocycles. The van der Waals surface area contributed by atoms with Crippen LogP contribution in [-0.2, 0) is 0 Å². The van der Waals surface area contributed by atoms with E-state index in [-0.39, 0.29) is 17.6 Å². The van der Waals surface area contributed by atoms with Crippen molar-refractivity contribution in [3.8, 4) is 22.4 Å². The van der Waals surface area contributed by atoms with Gasteiger partial charge in [-0.3, -0.25) is 4.79 Å². The van der Waals surface area contributed by atoms with E-state index >= 15 is 0 Å². The molecule has 4 rings (SSSR count). The number of rotatable bonds is 5. The highest BCUT2D eigenvalue weighted by atomic mass is 19.1. The van der Waals surface area contributed by atoms with Gasteiger partial charge in [0.05, 0.1) is 11.3 Å². The number of nitrogens with one attached hydrogen (secondary N) is 2. The Morgan fingerprint density at radius 2 is 1.55 bits per heavy atom. The summed E-state index contributed by atoms with van der Waals surface area (Å²) < 4.78 is 13.6. The fraction of sp³-hybridized carbons (Fsp3) is 0.148. The molecule has 1 amide bonds. The van der Waals surface area contributed by atoms with Crippen molar-refractivity contribution < 1.29 is 9.18 Å². The SMILES string of the molecule is Cc1ccccc1-c1c(-c2ccc(F)cc2)[nH]c(C(C)C)c1C(=O)Nc1ccccc1. The zero-order chi connectivity index (χ0) is 22.0. The second-order valence-corrected chi connectivity index (χ2v) is 7.96. The first-order valence-corrected chi connectivity index (χ1v) is 10.4. The number of carbonyl (C=O) groups excluding carboxylic acids is 1. The molecule has 4 heteroatoms. The lowest BCUT2D eigenvalue weighted by Gasteiger charge is -2.13. The van der Waals surface area contributed by atoms with E-state index in [1.54, 1.807) is 12.1 Å². The highest BCUT2D eigenvalue weighted by molar-refractivity contribution is 6.12. The smallest absolute Gasteiger partial charge is 0.258 e. The molecule has 0 atom stereocenters. The molecule has 0 bridgehead atoms. The van der Waals surface area contributed by atoms with E-state index in [1.807, 2.05) is 61.5 Å². The van der Waals surface area contributed by atoms with Gasteiger partial charge in [-0.15, -0.1) is 0 Å². The summed E-state index contributed by atoms with van der Waals surface area (Å²) in [5.74, 6) is -0.370. The summed E-state index contributed by atoms with van der Waals surface area (Å²) in [6, 6.07) is 23.8. The topological polar surface area (TPSA) is 44.9 Å². The molecule has 1 heterocycles. The summed E-state index contributed by atoms with van der Waals surface area (Å²) >= 11 is 0. The second-order valence-electron chi connectivity index (χ2n) is 7.96. The van der Waals surface area contributed by atoms with Crippen molar-refractivity contribution in [3.63, 3.8) is 0 Å². The Labute approximate surface area is 182 Å². The number of H-pyrrole nitrogens is 1. The number of aromatic amines is 1. The number of anilines is 1. The van der Waals surface area contributed by atoms with Crippen molar-refractivity contribution in [2.45, 2.75) is 26.7 Å². The molecule has 0 unspecified atom stereocenters. The van der Waals surface area contributed by atoms with E-state index in [1.165, 1.54) is 12.1 Å². The van der Waals surface area contributed by atoms with Gasteiger partial charge in [0.25, 0.3) is 5.91 Å². The van der Waals surface area contributed by atoms with Gasteiger partial charge in [-0.25, -0.2) is 4.39 Å². The lowest BCUT2D eigenvalue weighted by Crippen LogP contribution is -2.15. The summed E-state index contributed by atoms with van der Waals surface area (Å²) in [6.45, 7) is 6.15. The van der Waals surface area contributed by atoms with Crippen molar-refractivity contribution >= 4 is 11.6 Å². The normalized spacial score (nSPS) is 11.0. The number of carbonyl (C=O) groups is 1. The van der Waals surface area contributed by atoms with Crippen molar-refractivity contribution in [1.29, 1.82) is 0 Å². The van der Waals surface area contributed by atoms with Gasteiger partial charge in [0.15, 0.2) is 0 Å². The van der Waals surface area contributed by atoms with Gasteiger partial charge in [0, 0.05) is 16.9 Å². The lowest BCUT2D eigenvalue weighted by molar-refractivity contribution is 0.102. The highest BCUT2D eigenvalue weighted by Crippen LogP contribution is 2.40. The summed E-state index contributed by atoms with van der Waals surface area (Å²) in [5.41, 5.74) is 6.73. The zero-order valence-electron chi connectivity index (χ0n) is 17.9. The molecule has 0 saturated heterocycles. The van der Waals surface area contributed by atoms with Gasteiger partial charge < -0.3 is 10.3 Å². The molecule has 4 aromatic rings. The molecule has 3 aromatic carbocycles. The van der Waals surface area contributed by atoms with E-state index in [4.69, 9.17) is 0 Å². The zero-order valence-corrected chi connectivity index (χ0v) is 17.9. The van der Waals surface area contributed by atoms with Gasteiger partial charge >= 0.3 is 0 Å². The standard InChI is InChI=1S/C27H25FN2O/c1-17(2)25-24(27(31)29-21-10-5-4-6-11-21)23(22-12-8-7-9-18(22)3)26(30-25)19-13-15-20(28)16-14-19/h4-17,30H,1-3H3,(H,29,31). The number of hydrogen-bond acceptors (Lipinski definition) is 1. The summed E-state index contributed by atoms with van der Waals surface area (Å²) in [7, 11) is 0. The molecule has 0 aliphatic carbocycles. The van der Waals surface area contributed by atoms with Gasteiger partial charge in [0.2, 0.25) is 0 Å². The van der Waals surface area contributed by atoms with Crippen molar-refractivity contribution in [2.75, 3.05) is 5.32 Å². The third kappa shape index (κ3) is 4.15. The minimum atomic E-state index is -0.293. The predicted octanol–water partition coefficient (Wildman–Crippen LogP) is 7.17. The number of amides is 1. The number of benzene rings is 3. The molecule has 0 fully saturated rings. The Morgan fingerprint density at radius 1 is 0.903 bits per heavy atom. The molecule has 156 valence electrons. The maximum atomic E-state index is 13.6. The van der Waals surface area contributed by atoms with Gasteiger partial charge in [-0.1, -0.05) is 56.3 Å². The Kier molecular flexibility index (Phi) is 5.72. The van der Waals surface area contributed by atoms with Crippen LogP contribution >= 0.6 is 0 Å². The average molecular weight is 413 g/mol. The quantitative estimate of drug-likeness (QED) is 0.358. The van der Waals surface area contributed by atoms with E-state index < -0.39 is 0 Å². The van der Waals surface area contributed by atoms with Crippen LogP contribution in [0.25, 0.3) is 22.4 Å². The van der Waals surface area contributed by atoms with Crippen LogP contribution in [0.4, 0.5) is 10.1 Å². The molecule has 31 heavy (non-hydrogen) atoms. The van der Waals surface area contributed by atoms with E-state index in [2.05, 4.69) is 24.1 Å². The first kappa shape index (κ1) is 20.6. The van der Waals surface area contributed by atoms with Crippen molar-refractivity contribution in [2.24, 2.45) is 0 Å². The third-order valence-corrected chi connectivity index (χ3v) is 5.41. The first-order valence-electron chi connectivity index (χ1n) is 10.4. The maximum absolute atomic E-state index is 13.6. The molecule has 3 nitrogen and oxygen atoms in total. The number of hydrogen-bond donors (Lipinski definition) is 2. The fourth-order valence-electron chi connectivity index (χ4n) is 3.86. The molecule has 0 saturated carbocycles. The predicted molar refractivity (Wildman–Crippen MR) is 125 cm³/mol. The average Bonchev–Trinajstić information content (AvgIpc) is 3.16. The molecular formula is C27H25FN2O. The lowest BCUT2D eigenvalue weighted by atomic mass is 9.92. The van der Waals surface area contributed by atoms with Gasteiger partial charge in [-0.05, 0) is 65.9 Å². The molecule has 0 aliphatic heterocycles. The van der Waals surface area contributed by atoms with Crippen LogP contribution in [0.15, 0.2) is 78.9 Å². The molecular weight excluding hydrogens is 387 g/mol. The highest BCUT2D eigenvalue weighted by Gasteiger charge is 2.27. The number of halogens is 1. The molecule has 2 N–H and O–H groups in total. The van der Waals surface area contributed by atoms with Crippen molar-refractivity contribution in [1.82, 2.24) is 4.98 Å². The monoisotopic (exact) mass is 412 g/mol. The Morgan fingerprint density at radius 3 is 2.19 bits per heavy atom. The summed E-state index contributed by atoms with van der Waals surface area (Å²) in [5, 5.41) is 3.04. The molecule has 0 aliphatic rings. The largest absolute Gasteiger partial charge is 0.357 e. The number of aromatic nitrogens is 1. The van der Waals surface area contributed by atoms with Crippen LogP contribution in [0.2, 0.25) is 0 Å². The Hall–Kier alpha value is -3.66. The van der Waals surface area contributed by atoms with E-state index in [0.29, 0.717) is 5.56 Å². The number of aryl methyl sites for hydroxylation is 1. The molecule has 0 radical (unpaired) electrons.